The quantitative estimate of drug-likeness (QED) is 0.914. The zero-order valence-corrected chi connectivity index (χ0v) is 12.1. The second-order valence-electron chi connectivity index (χ2n) is 4.45. The summed E-state index contributed by atoms with van der Waals surface area (Å²) in [6, 6.07) is 7.26. The molecular formula is C13H15BrN2S. The van der Waals surface area contributed by atoms with Crippen LogP contribution in [0.2, 0.25) is 0 Å². The SMILES string of the molecule is CN[C@@H]1CCN(c2ccc(Br)c3sccc23)C1. The van der Waals surface area contributed by atoms with Gasteiger partial charge in [0.1, 0.15) is 0 Å². The highest BCUT2D eigenvalue weighted by Crippen LogP contribution is 2.37. The average molecular weight is 311 g/mol. The molecule has 90 valence electrons. The molecule has 2 heterocycles. The first-order chi connectivity index (χ1) is 8.29. The van der Waals surface area contributed by atoms with Gasteiger partial charge in [0, 0.05) is 34.7 Å². The van der Waals surface area contributed by atoms with Gasteiger partial charge in [0.05, 0.1) is 4.70 Å². The number of hydrogen-bond donors (Lipinski definition) is 1. The number of fused-ring (bicyclic) bond motifs is 1. The van der Waals surface area contributed by atoms with E-state index in [2.05, 4.69) is 56.8 Å². The summed E-state index contributed by atoms with van der Waals surface area (Å²) in [6.07, 6.45) is 1.23. The van der Waals surface area contributed by atoms with Crippen molar-refractivity contribution in [2.45, 2.75) is 12.5 Å². The molecule has 1 atom stereocenters. The van der Waals surface area contributed by atoms with Crippen LogP contribution in [0.25, 0.3) is 10.1 Å². The lowest BCUT2D eigenvalue weighted by Gasteiger charge is -2.20. The minimum Gasteiger partial charge on any atom is -0.369 e. The lowest BCUT2D eigenvalue weighted by Crippen LogP contribution is -2.29. The monoisotopic (exact) mass is 310 g/mol. The molecule has 17 heavy (non-hydrogen) atoms. The second kappa shape index (κ2) is 4.59. The molecular weight excluding hydrogens is 296 g/mol. The van der Waals surface area contributed by atoms with Gasteiger partial charge in [0.25, 0.3) is 0 Å². The predicted octanol–water partition coefficient (Wildman–Crippen LogP) is 3.46. The van der Waals surface area contributed by atoms with Gasteiger partial charge in [0.2, 0.25) is 0 Å². The summed E-state index contributed by atoms with van der Waals surface area (Å²) in [4.78, 5) is 2.49. The highest BCUT2D eigenvalue weighted by Gasteiger charge is 2.22. The van der Waals surface area contributed by atoms with Crippen molar-refractivity contribution in [1.82, 2.24) is 5.32 Å². The zero-order valence-electron chi connectivity index (χ0n) is 9.74. The number of nitrogens with one attached hydrogen (secondary N) is 1. The maximum absolute atomic E-state index is 3.62. The van der Waals surface area contributed by atoms with Crippen molar-refractivity contribution >= 4 is 43.0 Å². The largest absolute Gasteiger partial charge is 0.369 e. The molecule has 0 aliphatic carbocycles. The van der Waals surface area contributed by atoms with Crippen molar-refractivity contribution < 1.29 is 0 Å². The highest BCUT2D eigenvalue weighted by molar-refractivity contribution is 9.10. The van der Waals surface area contributed by atoms with Gasteiger partial charge < -0.3 is 10.2 Å². The molecule has 0 saturated carbocycles. The molecule has 2 aromatic rings. The van der Waals surface area contributed by atoms with E-state index in [9.17, 15) is 0 Å². The Morgan fingerprint density at radius 1 is 1.41 bits per heavy atom. The van der Waals surface area contributed by atoms with Crippen molar-refractivity contribution in [3.05, 3.63) is 28.1 Å². The van der Waals surface area contributed by atoms with E-state index >= 15 is 0 Å². The van der Waals surface area contributed by atoms with Crippen LogP contribution in [0.3, 0.4) is 0 Å². The fraction of sp³-hybridized carbons (Fsp3) is 0.385. The standard InChI is InChI=1S/C13H15BrN2S/c1-15-9-4-6-16(8-9)12-3-2-11(14)13-10(12)5-7-17-13/h2-3,5,7,9,15H,4,6,8H2,1H3/t9-/m1/s1. The van der Waals surface area contributed by atoms with Crippen LogP contribution in [0, 0.1) is 0 Å². The Labute approximate surface area is 114 Å². The molecule has 1 aliphatic rings. The van der Waals surface area contributed by atoms with Crippen LogP contribution in [0.1, 0.15) is 6.42 Å². The van der Waals surface area contributed by atoms with Crippen molar-refractivity contribution in [3.8, 4) is 0 Å². The minimum absolute atomic E-state index is 0.632. The lowest BCUT2D eigenvalue weighted by molar-refractivity contribution is 0.617. The van der Waals surface area contributed by atoms with Crippen LogP contribution in [0.4, 0.5) is 5.69 Å². The lowest BCUT2D eigenvalue weighted by atomic mass is 10.2. The summed E-state index contributed by atoms with van der Waals surface area (Å²) in [5, 5.41) is 6.92. The van der Waals surface area contributed by atoms with E-state index in [1.807, 2.05) is 0 Å². The minimum atomic E-state index is 0.632. The Morgan fingerprint density at radius 2 is 2.29 bits per heavy atom. The van der Waals surface area contributed by atoms with Crippen LogP contribution in [-0.4, -0.2) is 26.2 Å². The van der Waals surface area contributed by atoms with Gasteiger partial charge in [-0.15, -0.1) is 11.3 Å². The summed E-state index contributed by atoms with van der Waals surface area (Å²) < 4.78 is 2.56. The van der Waals surface area contributed by atoms with Crippen molar-refractivity contribution in [2.75, 3.05) is 25.0 Å². The number of thiophene rings is 1. The molecule has 1 aromatic heterocycles. The number of rotatable bonds is 2. The maximum Gasteiger partial charge on any atom is 0.0505 e. The molecule has 1 aromatic carbocycles. The Kier molecular flexibility index (Phi) is 3.11. The molecule has 2 nitrogen and oxygen atoms in total. The molecule has 1 saturated heterocycles. The van der Waals surface area contributed by atoms with Crippen LogP contribution < -0.4 is 10.2 Å². The average Bonchev–Trinajstić information content (AvgIpc) is 2.98. The van der Waals surface area contributed by atoms with E-state index in [1.165, 1.54) is 26.7 Å². The molecule has 0 spiro atoms. The summed E-state index contributed by atoms with van der Waals surface area (Å²) >= 11 is 5.43. The first-order valence-electron chi connectivity index (χ1n) is 5.87. The normalized spacial score (nSPS) is 20.4. The van der Waals surface area contributed by atoms with E-state index in [4.69, 9.17) is 0 Å². The fourth-order valence-corrected chi connectivity index (χ4v) is 3.95. The summed E-state index contributed by atoms with van der Waals surface area (Å²) in [5.41, 5.74) is 1.38. The first-order valence-corrected chi connectivity index (χ1v) is 7.55. The van der Waals surface area contributed by atoms with Gasteiger partial charge in [-0.2, -0.15) is 0 Å². The van der Waals surface area contributed by atoms with E-state index in [0.29, 0.717) is 6.04 Å². The third-order valence-electron chi connectivity index (χ3n) is 3.48. The fourth-order valence-electron chi connectivity index (χ4n) is 2.50. The molecule has 0 unspecified atom stereocenters. The number of benzene rings is 1. The van der Waals surface area contributed by atoms with E-state index in [0.717, 1.165) is 13.1 Å². The number of halogens is 1. The van der Waals surface area contributed by atoms with Crippen LogP contribution in [0.15, 0.2) is 28.1 Å². The third-order valence-corrected chi connectivity index (χ3v) is 5.35. The Bertz CT molecular complexity index is 537. The molecule has 0 amide bonds. The number of nitrogens with zero attached hydrogens (tertiary/aromatic N) is 1. The Hall–Kier alpha value is -0.580. The smallest absolute Gasteiger partial charge is 0.0505 e. The van der Waals surface area contributed by atoms with E-state index in [1.54, 1.807) is 11.3 Å². The predicted molar refractivity (Wildman–Crippen MR) is 79.2 cm³/mol. The van der Waals surface area contributed by atoms with Gasteiger partial charge in [-0.1, -0.05) is 0 Å². The summed E-state index contributed by atoms with van der Waals surface area (Å²) in [7, 11) is 2.05. The molecule has 0 bridgehead atoms. The summed E-state index contributed by atoms with van der Waals surface area (Å²) in [6.45, 7) is 2.27. The van der Waals surface area contributed by atoms with Crippen molar-refractivity contribution in [2.24, 2.45) is 0 Å². The highest BCUT2D eigenvalue weighted by atomic mass is 79.9. The van der Waals surface area contributed by atoms with Crippen LogP contribution in [0.5, 0.6) is 0 Å². The van der Waals surface area contributed by atoms with Gasteiger partial charge in [-0.25, -0.2) is 0 Å². The molecule has 1 N–H and O–H groups in total. The van der Waals surface area contributed by atoms with E-state index in [-0.39, 0.29) is 0 Å². The number of hydrogen-bond acceptors (Lipinski definition) is 3. The van der Waals surface area contributed by atoms with Crippen LogP contribution >= 0.6 is 27.3 Å². The van der Waals surface area contributed by atoms with Gasteiger partial charge in [0.15, 0.2) is 0 Å². The van der Waals surface area contributed by atoms with Crippen LogP contribution in [-0.2, 0) is 0 Å². The molecule has 0 radical (unpaired) electrons. The number of likely N-dealkylation sites (N-methyl/N-ethyl adjacent to an activating group) is 1. The Morgan fingerprint density at radius 3 is 3.06 bits per heavy atom. The molecule has 1 fully saturated rings. The topological polar surface area (TPSA) is 15.3 Å². The van der Waals surface area contributed by atoms with Gasteiger partial charge >= 0.3 is 0 Å². The van der Waals surface area contributed by atoms with E-state index < -0.39 is 0 Å². The van der Waals surface area contributed by atoms with Crippen molar-refractivity contribution in [1.29, 1.82) is 0 Å². The van der Waals surface area contributed by atoms with Gasteiger partial charge in [-0.3, -0.25) is 0 Å². The molecule has 3 rings (SSSR count). The zero-order chi connectivity index (χ0) is 11.8. The molecule has 1 aliphatic heterocycles. The maximum atomic E-state index is 3.62. The molecule has 4 heteroatoms. The number of anilines is 1. The summed E-state index contributed by atoms with van der Waals surface area (Å²) in [5.74, 6) is 0. The van der Waals surface area contributed by atoms with Crippen molar-refractivity contribution in [3.63, 3.8) is 0 Å². The van der Waals surface area contributed by atoms with Gasteiger partial charge in [-0.05, 0) is 53.0 Å². The first kappa shape index (κ1) is 11.5. The Balaban J connectivity index is 2.01. The third kappa shape index (κ3) is 1.98. The second-order valence-corrected chi connectivity index (χ2v) is 6.22.